The second-order valence-corrected chi connectivity index (χ2v) is 6.14. The molecule has 1 aromatic heterocycles. The van der Waals surface area contributed by atoms with Crippen LogP contribution in [-0.4, -0.2) is 13.4 Å². The minimum Gasteiger partial charge on any atom is -0.276 e. The molecule has 0 fully saturated rings. The average molecular weight is 349 g/mol. The molecule has 19 heavy (non-hydrogen) atoms. The van der Waals surface area contributed by atoms with E-state index in [2.05, 4.69) is 20.9 Å². The monoisotopic (exact) mass is 348 g/mol. The number of anilines is 1. The zero-order valence-corrected chi connectivity index (χ0v) is 11.7. The van der Waals surface area contributed by atoms with Crippen molar-refractivity contribution in [2.75, 3.05) is 4.72 Å². The third kappa shape index (κ3) is 3.07. The topological polar surface area (TPSA) is 59.1 Å². The predicted molar refractivity (Wildman–Crippen MR) is 69.1 cm³/mol. The number of rotatable bonds is 3. The van der Waals surface area contributed by atoms with Crippen LogP contribution in [0.3, 0.4) is 0 Å². The number of hydrogen-bond donors (Lipinski definition) is 1. The first-order valence-corrected chi connectivity index (χ1v) is 7.25. The van der Waals surface area contributed by atoms with E-state index in [0.717, 1.165) is 18.3 Å². The van der Waals surface area contributed by atoms with Gasteiger partial charge in [0, 0.05) is 16.9 Å². The van der Waals surface area contributed by atoms with Gasteiger partial charge in [-0.05, 0) is 34.1 Å². The van der Waals surface area contributed by atoms with Crippen LogP contribution in [0.25, 0.3) is 0 Å². The van der Waals surface area contributed by atoms with Crippen LogP contribution in [-0.2, 0) is 10.0 Å². The Bertz CT molecular complexity index is 722. The molecule has 0 radical (unpaired) electrons. The summed E-state index contributed by atoms with van der Waals surface area (Å²) in [4.78, 5) is 3.54. The van der Waals surface area contributed by atoms with Crippen LogP contribution < -0.4 is 4.72 Å². The normalized spacial score (nSPS) is 11.3. The van der Waals surface area contributed by atoms with E-state index in [-0.39, 0.29) is 4.90 Å². The van der Waals surface area contributed by atoms with Crippen molar-refractivity contribution in [1.29, 1.82) is 0 Å². The van der Waals surface area contributed by atoms with Gasteiger partial charge in [-0.25, -0.2) is 17.2 Å². The summed E-state index contributed by atoms with van der Waals surface area (Å²) in [6, 6.07) is 4.52. The predicted octanol–water partition coefficient (Wildman–Crippen LogP) is 2.92. The number of nitrogens with one attached hydrogen (secondary N) is 1. The highest BCUT2D eigenvalue weighted by atomic mass is 79.9. The molecule has 2 rings (SSSR count). The molecule has 0 unspecified atom stereocenters. The lowest BCUT2D eigenvalue weighted by Crippen LogP contribution is -2.14. The summed E-state index contributed by atoms with van der Waals surface area (Å²) in [6.45, 7) is 0. The Balaban J connectivity index is 2.39. The molecule has 2 aromatic rings. The molecule has 100 valence electrons. The first kappa shape index (κ1) is 13.9. The number of aromatic nitrogens is 1. The largest absolute Gasteiger partial charge is 0.276 e. The SMILES string of the molecule is O=S(=O)(Nc1cccc(F)c1F)c1cncc(Br)c1. The first-order chi connectivity index (χ1) is 8.90. The summed E-state index contributed by atoms with van der Waals surface area (Å²) < 4.78 is 52.7. The van der Waals surface area contributed by atoms with E-state index in [4.69, 9.17) is 0 Å². The van der Waals surface area contributed by atoms with Crippen molar-refractivity contribution in [2.24, 2.45) is 0 Å². The zero-order valence-electron chi connectivity index (χ0n) is 9.27. The van der Waals surface area contributed by atoms with Crippen LogP contribution in [0, 0.1) is 11.6 Å². The van der Waals surface area contributed by atoms with E-state index in [1.807, 2.05) is 4.72 Å². The van der Waals surface area contributed by atoms with Crippen LogP contribution in [0.15, 0.2) is 46.0 Å². The number of sulfonamides is 1. The lowest BCUT2D eigenvalue weighted by Gasteiger charge is -2.09. The highest BCUT2D eigenvalue weighted by Crippen LogP contribution is 2.21. The molecule has 0 saturated heterocycles. The van der Waals surface area contributed by atoms with E-state index in [1.165, 1.54) is 18.3 Å². The molecule has 8 heteroatoms. The lowest BCUT2D eigenvalue weighted by molar-refractivity contribution is 0.511. The van der Waals surface area contributed by atoms with E-state index in [1.54, 1.807) is 0 Å². The van der Waals surface area contributed by atoms with Gasteiger partial charge in [0.05, 0.1) is 5.69 Å². The van der Waals surface area contributed by atoms with Gasteiger partial charge in [0.2, 0.25) is 0 Å². The second kappa shape index (κ2) is 5.22. The summed E-state index contributed by atoms with van der Waals surface area (Å²) in [6.07, 6.45) is 2.51. The van der Waals surface area contributed by atoms with Crippen molar-refractivity contribution in [3.8, 4) is 0 Å². The highest BCUT2D eigenvalue weighted by molar-refractivity contribution is 9.10. The Morgan fingerprint density at radius 1 is 1.21 bits per heavy atom. The fourth-order valence-electron chi connectivity index (χ4n) is 1.33. The minimum absolute atomic E-state index is 0.162. The average Bonchev–Trinajstić information content (AvgIpc) is 2.35. The van der Waals surface area contributed by atoms with E-state index in [0.29, 0.717) is 4.47 Å². The molecule has 0 aliphatic heterocycles. The summed E-state index contributed by atoms with van der Waals surface area (Å²) in [5, 5.41) is 0. The van der Waals surface area contributed by atoms with Crippen LogP contribution in [0.2, 0.25) is 0 Å². The van der Waals surface area contributed by atoms with E-state index in [9.17, 15) is 17.2 Å². The molecule has 1 N–H and O–H groups in total. The fourth-order valence-corrected chi connectivity index (χ4v) is 2.89. The fraction of sp³-hybridized carbons (Fsp3) is 0. The quantitative estimate of drug-likeness (QED) is 0.927. The molecule has 4 nitrogen and oxygen atoms in total. The van der Waals surface area contributed by atoms with E-state index >= 15 is 0 Å². The molecule has 0 aliphatic carbocycles. The highest BCUT2D eigenvalue weighted by Gasteiger charge is 2.18. The maximum atomic E-state index is 13.4. The van der Waals surface area contributed by atoms with Gasteiger partial charge in [-0.3, -0.25) is 9.71 Å². The van der Waals surface area contributed by atoms with Crippen molar-refractivity contribution in [1.82, 2.24) is 4.98 Å². The maximum Gasteiger partial charge on any atom is 0.263 e. The van der Waals surface area contributed by atoms with Gasteiger partial charge in [-0.2, -0.15) is 0 Å². The van der Waals surface area contributed by atoms with Gasteiger partial charge >= 0.3 is 0 Å². The first-order valence-electron chi connectivity index (χ1n) is 4.97. The Labute approximate surface area is 116 Å². The van der Waals surface area contributed by atoms with Crippen LogP contribution >= 0.6 is 15.9 Å². The molecular formula is C11H7BrF2N2O2S. The molecule has 0 atom stereocenters. The smallest absolute Gasteiger partial charge is 0.263 e. The van der Waals surface area contributed by atoms with Gasteiger partial charge in [-0.15, -0.1) is 0 Å². The third-order valence-corrected chi connectivity index (χ3v) is 3.95. The molecule has 1 heterocycles. The number of pyridine rings is 1. The Kier molecular flexibility index (Phi) is 3.81. The van der Waals surface area contributed by atoms with Gasteiger partial charge in [0.25, 0.3) is 10.0 Å². The summed E-state index contributed by atoms with van der Waals surface area (Å²) >= 11 is 3.08. The van der Waals surface area contributed by atoms with Gasteiger partial charge in [0.15, 0.2) is 11.6 Å². The minimum atomic E-state index is -4.02. The molecular weight excluding hydrogens is 342 g/mol. The van der Waals surface area contributed by atoms with Crippen molar-refractivity contribution in [3.63, 3.8) is 0 Å². The van der Waals surface area contributed by atoms with E-state index < -0.39 is 27.3 Å². The second-order valence-electron chi connectivity index (χ2n) is 3.55. The zero-order chi connectivity index (χ0) is 14.0. The Morgan fingerprint density at radius 2 is 1.95 bits per heavy atom. The summed E-state index contributed by atoms with van der Waals surface area (Å²) in [5.74, 6) is -2.39. The molecule has 0 amide bonds. The summed E-state index contributed by atoms with van der Waals surface area (Å²) in [5.41, 5.74) is -0.458. The van der Waals surface area contributed by atoms with Gasteiger partial charge in [-0.1, -0.05) is 6.07 Å². The molecule has 1 aromatic carbocycles. The van der Waals surface area contributed by atoms with Crippen LogP contribution in [0.5, 0.6) is 0 Å². The third-order valence-electron chi connectivity index (χ3n) is 2.19. The van der Waals surface area contributed by atoms with Crippen LogP contribution in [0.1, 0.15) is 0 Å². The van der Waals surface area contributed by atoms with Crippen LogP contribution in [0.4, 0.5) is 14.5 Å². The molecule has 0 saturated carbocycles. The standard InChI is InChI=1S/C11H7BrF2N2O2S/c12-7-4-8(6-15-5-7)19(17,18)16-10-3-1-2-9(13)11(10)14/h1-6,16H. The summed E-state index contributed by atoms with van der Waals surface area (Å²) in [7, 11) is -4.02. The van der Waals surface area contributed by atoms with Crippen molar-refractivity contribution >= 4 is 31.6 Å². The van der Waals surface area contributed by atoms with Gasteiger partial charge in [0.1, 0.15) is 4.90 Å². The van der Waals surface area contributed by atoms with Crippen molar-refractivity contribution < 1.29 is 17.2 Å². The number of nitrogens with zero attached hydrogens (tertiary/aromatic N) is 1. The molecule has 0 spiro atoms. The lowest BCUT2D eigenvalue weighted by atomic mass is 10.3. The maximum absolute atomic E-state index is 13.4. The molecule has 0 aliphatic rings. The number of benzene rings is 1. The molecule has 0 bridgehead atoms. The van der Waals surface area contributed by atoms with Crippen molar-refractivity contribution in [3.05, 3.63) is 52.8 Å². The van der Waals surface area contributed by atoms with Crippen molar-refractivity contribution in [2.45, 2.75) is 4.90 Å². The number of hydrogen-bond acceptors (Lipinski definition) is 3. The number of halogens is 3. The van der Waals surface area contributed by atoms with Gasteiger partial charge < -0.3 is 0 Å². The Morgan fingerprint density at radius 3 is 2.63 bits per heavy atom. The Hall–Kier alpha value is -1.54.